The van der Waals surface area contributed by atoms with Crippen LogP contribution >= 0.6 is 0 Å². The van der Waals surface area contributed by atoms with Crippen LogP contribution < -0.4 is 4.72 Å². The van der Waals surface area contributed by atoms with Crippen molar-refractivity contribution in [1.29, 1.82) is 0 Å². The highest BCUT2D eigenvalue weighted by Crippen LogP contribution is 2.17. The van der Waals surface area contributed by atoms with Crippen molar-refractivity contribution in [3.05, 3.63) is 0 Å². The van der Waals surface area contributed by atoms with Crippen LogP contribution in [0.5, 0.6) is 0 Å². The molecule has 1 fully saturated rings. The van der Waals surface area contributed by atoms with E-state index in [9.17, 15) is 13.2 Å². The molecular formula is C7H14N2O4S. The molecule has 0 saturated carbocycles. The number of sulfonamides is 1. The summed E-state index contributed by atoms with van der Waals surface area (Å²) < 4.78 is 24.2. The number of likely N-dealkylation sites (tertiary alicyclic amines) is 1. The summed E-state index contributed by atoms with van der Waals surface area (Å²) in [6.45, 7) is 1.99. The number of nitrogens with one attached hydrogen (secondary N) is 1. The highest BCUT2D eigenvalue weighted by Gasteiger charge is 2.33. The molecule has 0 aromatic heterocycles. The maximum Gasteiger partial charge on any atom is 0.407 e. The van der Waals surface area contributed by atoms with Gasteiger partial charge in [-0.1, -0.05) is 0 Å². The second kappa shape index (κ2) is 3.74. The van der Waals surface area contributed by atoms with Gasteiger partial charge in [-0.25, -0.2) is 17.9 Å². The number of rotatable bonds is 2. The molecule has 1 heterocycles. The van der Waals surface area contributed by atoms with E-state index >= 15 is 0 Å². The first kappa shape index (κ1) is 11.3. The predicted molar refractivity (Wildman–Crippen MR) is 50.6 cm³/mol. The molecule has 0 aromatic rings. The molecule has 2 atom stereocenters. The fourth-order valence-electron chi connectivity index (χ4n) is 1.69. The number of hydrogen-bond donors (Lipinski definition) is 2. The van der Waals surface area contributed by atoms with Gasteiger partial charge in [0.15, 0.2) is 0 Å². The molecule has 6 nitrogen and oxygen atoms in total. The van der Waals surface area contributed by atoms with Crippen LogP contribution in [-0.4, -0.2) is 49.4 Å². The maximum absolute atomic E-state index is 10.9. The first-order chi connectivity index (χ1) is 6.29. The fourth-order valence-corrected chi connectivity index (χ4v) is 2.46. The van der Waals surface area contributed by atoms with E-state index in [1.165, 1.54) is 4.90 Å². The minimum atomic E-state index is -3.25. The minimum Gasteiger partial charge on any atom is -0.465 e. The van der Waals surface area contributed by atoms with Crippen LogP contribution in [0.1, 0.15) is 13.3 Å². The molecule has 0 spiro atoms. The van der Waals surface area contributed by atoms with Crippen LogP contribution in [0.15, 0.2) is 0 Å². The number of hydrogen-bond acceptors (Lipinski definition) is 3. The Balaban J connectivity index is 2.60. The van der Waals surface area contributed by atoms with Crippen LogP contribution in [0, 0.1) is 0 Å². The lowest BCUT2D eigenvalue weighted by atomic mass is 10.2. The van der Waals surface area contributed by atoms with Gasteiger partial charge in [0, 0.05) is 18.6 Å². The first-order valence-corrected chi connectivity index (χ1v) is 6.15. The Labute approximate surface area is 82.9 Å². The summed E-state index contributed by atoms with van der Waals surface area (Å²) in [6, 6.07) is -0.428. The smallest absolute Gasteiger partial charge is 0.407 e. The Bertz CT molecular complexity index is 327. The fraction of sp³-hybridized carbons (Fsp3) is 0.857. The maximum atomic E-state index is 10.9. The van der Waals surface area contributed by atoms with Crippen LogP contribution in [0.2, 0.25) is 0 Å². The second-order valence-electron chi connectivity index (χ2n) is 3.61. The molecule has 1 saturated heterocycles. The molecule has 1 rings (SSSR count). The van der Waals surface area contributed by atoms with Gasteiger partial charge >= 0.3 is 6.09 Å². The Hall–Kier alpha value is -0.820. The van der Waals surface area contributed by atoms with Gasteiger partial charge < -0.3 is 10.0 Å². The minimum absolute atomic E-state index is 0.133. The quantitative estimate of drug-likeness (QED) is 0.670. The zero-order chi connectivity index (χ0) is 10.9. The van der Waals surface area contributed by atoms with E-state index < -0.39 is 16.1 Å². The number of carbonyl (C=O) groups is 1. The van der Waals surface area contributed by atoms with Gasteiger partial charge in [0.1, 0.15) is 0 Å². The van der Waals surface area contributed by atoms with Gasteiger partial charge in [-0.05, 0) is 13.3 Å². The average molecular weight is 222 g/mol. The van der Waals surface area contributed by atoms with Crippen molar-refractivity contribution in [2.45, 2.75) is 25.4 Å². The molecule has 2 unspecified atom stereocenters. The number of nitrogens with zero attached hydrogens (tertiary/aromatic N) is 1. The third-order valence-electron chi connectivity index (χ3n) is 2.20. The molecule has 0 radical (unpaired) electrons. The topological polar surface area (TPSA) is 86.7 Å². The molecule has 2 N–H and O–H groups in total. The molecular weight excluding hydrogens is 208 g/mol. The predicted octanol–water partition coefficient (Wildman–Crippen LogP) is -0.324. The summed E-state index contributed by atoms with van der Waals surface area (Å²) in [5.41, 5.74) is 0. The van der Waals surface area contributed by atoms with Crippen LogP contribution in [0.3, 0.4) is 0 Å². The van der Waals surface area contributed by atoms with Crippen molar-refractivity contribution in [2.24, 2.45) is 0 Å². The van der Waals surface area contributed by atoms with Crippen LogP contribution in [-0.2, 0) is 10.0 Å². The SMILES string of the molecule is CC1CC(NS(C)(=O)=O)CN1C(=O)O. The van der Waals surface area contributed by atoms with Crippen LogP contribution in [0.4, 0.5) is 4.79 Å². The van der Waals surface area contributed by atoms with E-state index in [1.807, 2.05) is 0 Å². The van der Waals surface area contributed by atoms with Crippen molar-refractivity contribution in [2.75, 3.05) is 12.8 Å². The van der Waals surface area contributed by atoms with Crippen LogP contribution in [0.25, 0.3) is 0 Å². The van der Waals surface area contributed by atoms with Gasteiger partial charge in [-0.3, -0.25) is 0 Å². The molecule has 1 aliphatic heterocycles. The van der Waals surface area contributed by atoms with Crippen molar-refractivity contribution in [1.82, 2.24) is 9.62 Å². The summed E-state index contributed by atoms with van der Waals surface area (Å²) in [6.07, 6.45) is 0.593. The third kappa shape index (κ3) is 2.85. The summed E-state index contributed by atoms with van der Waals surface area (Å²) in [4.78, 5) is 11.9. The molecule has 7 heteroatoms. The van der Waals surface area contributed by atoms with E-state index in [1.54, 1.807) is 6.92 Å². The third-order valence-corrected chi connectivity index (χ3v) is 2.96. The molecule has 0 bridgehead atoms. The molecule has 82 valence electrons. The van der Waals surface area contributed by atoms with Gasteiger partial charge in [0.25, 0.3) is 0 Å². The molecule has 0 aromatic carbocycles. The van der Waals surface area contributed by atoms with Crippen molar-refractivity contribution >= 4 is 16.1 Å². The van der Waals surface area contributed by atoms with E-state index in [-0.39, 0.29) is 18.6 Å². The summed E-state index contributed by atoms with van der Waals surface area (Å²) in [5, 5.41) is 8.75. The van der Waals surface area contributed by atoms with Crippen molar-refractivity contribution in [3.63, 3.8) is 0 Å². The van der Waals surface area contributed by atoms with Crippen molar-refractivity contribution in [3.8, 4) is 0 Å². The first-order valence-electron chi connectivity index (χ1n) is 4.26. The summed E-state index contributed by atoms with van der Waals surface area (Å²) in [5.74, 6) is 0. The van der Waals surface area contributed by atoms with Crippen molar-refractivity contribution < 1.29 is 18.3 Å². The largest absolute Gasteiger partial charge is 0.465 e. The summed E-state index contributed by atoms with van der Waals surface area (Å²) >= 11 is 0. The second-order valence-corrected chi connectivity index (χ2v) is 5.39. The molecule has 14 heavy (non-hydrogen) atoms. The average Bonchev–Trinajstić information content (AvgIpc) is 2.26. The Morgan fingerprint density at radius 3 is 2.50 bits per heavy atom. The van der Waals surface area contributed by atoms with E-state index in [0.717, 1.165) is 6.26 Å². The Kier molecular flexibility index (Phi) is 3.01. The number of carboxylic acid groups (broad SMARTS) is 1. The standard InChI is InChI=1S/C7H14N2O4S/c1-5-3-6(8-14(2,12)13)4-9(5)7(10)11/h5-6,8H,3-4H2,1-2H3,(H,10,11). The zero-order valence-electron chi connectivity index (χ0n) is 8.10. The monoisotopic (exact) mass is 222 g/mol. The van der Waals surface area contributed by atoms with Gasteiger partial charge in [-0.2, -0.15) is 0 Å². The normalized spacial score (nSPS) is 28.0. The van der Waals surface area contributed by atoms with E-state index in [2.05, 4.69) is 4.72 Å². The Morgan fingerprint density at radius 2 is 2.14 bits per heavy atom. The lowest BCUT2D eigenvalue weighted by Crippen LogP contribution is -2.38. The highest BCUT2D eigenvalue weighted by atomic mass is 32.2. The summed E-state index contributed by atoms with van der Waals surface area (Å²) in [7, 11) is -3.25. The Morgan fingerprint density at radius 1 is 1.57 bits per heavy atom. The lowest BCUT2D eigenvalue weighted by molar-refractivity contribution is 0.143. The lowest BCUT2D eigenvalue weighted by Gasteiger charge is -2.16. The van der Waals surface area contributed by atoms with Gasteiger partial charge in [0.05, 0.1) is 6.26 Å². The van der Waals surface area contributed by atoms with E-state index in [0.29, 0.717) is 6.42 Å². The zero-order valence-corrected chi connectivity index (χ0v) is 8.91. The molecule has 1 amide bonds. The number of amides is 1. The van der Waals surface area contributed by atoms with E-state index in [4.69, 9.17) is 5.11 Å². The van der Waals surface area contributed by atoms with Gasteiger partial charge in [0.2, 0.25) is 10.0 Å². The molecule has 0 aliphatic carbocycles. The molecule has 1 aliphatic rings. The highest BCUT2D eigenvalue weighted by molar-refractivity contribution is 7.88. The van der Waals surface area contributed by atoms with Gasteiger partial charge in [-0.15, -0.1) is 0 Å².